The van der Waals surface area contributed by atoms with E-state index in [1.807, 2.05) is 60.7 Å². The van der Waals surface area contributed by atoms with Gasteiger partial charge in [-0.2, -0.15) is 0 Å². The summed E-state index contributed by atoms with van der Waals surface area (Å²) in [6.45, 7) is 3.80. The van der Waals surface area contributed by atoms with Crippen molar-refractivity contribution in [2.75, 3.05) is 6.54 Å². The van der Waals surface area contributed by atoms with Crippen LogP contribution in [0.15, 0.2) is 60.7 Å². The fourth-order valence-electron chi connectivity index (χ4n) is 2.68. The number of carbonyl (C=O) groups is 2. The maximum Gasteiger partial charge on any atom is 0.315 e. The minimum Gasteiger partial charge on any atom is -0.548 e. The molecule has 2 N–H and O–H groups in total. The van der Waals surface area contributed by atoms with Crippen molar-refractivity contribution in [3.8, 4) is 0 Å². The van der Waals surface area contributed by atoms with Crippen LogP contribution in [0, 0.1) is 5.92 Å². The number of amides is 2. The molecule has 0 radical (unpaired) electrons. The Balaban J connectivity index is 2.08. The molecule has 0 fully saturated rings. The van der Waals surface area contributed by atoms with Crippen LogP contribution in [0.2, 0.25) is 0 Å². The lowest BCUT2D eigenvalue weighted by Gasteiger charge is -2.24. The van der Waals surface area contributed by atoms with E-state index in [-0.39, 0.29) is 11.8 Å². The first kappa shape index (κ1) is 18.5. The fraction of sp³-hybridized carbons (Fsp3) is 0.300. The molecule has 132 valence electrons. The van der Waals surface area contributed by atoms with Gasteiger partial charge in [0.1, 0.15) is 0 Å². The van der Waals surface area contributed by atoms with Crippen molar-refractivity contribution >= 4 is 12.0 Å². The lowest BCUT2D eigenvalue weighted by molar-refractivity contribution is -0.309. The Labute approximate surface area is 148 Å². The van der Waals surface area contributed by atoms with Crippen LogP contribution in [0.3, 0.4) is 0 Å². The minimum absolute atomic E-state index is 0.0198. The molecule has 5 heteroatoms. The number of carbonyl (C=O) groups excluding carboxylic acids is 2. The second-order valence-electron chi connectivity index (χ2n) is 6.27. The molecule has 2 aromatic carbocycles. The Morgan fingerprint density at radius 1 is 0.920 bits per heavy atom. The third-order valence-electron chi connectivity index (χ3n) is 4.08. The zero-order valence-electron chi connectivity index (χ0n) is 14.4. The van der Waals surface area contributed by atoms with E-state index in [1.54, 1.807) is 13.8 Å². The molecule has 0 heterocycles. The number of urea groups is 1. The van der Waals surface area contributed by atoms with Crippen LogP contribution in [-0.2, 0) is 4.79 Å². The van der Waals surface area contributed by atoms with Crippen LogP contribution < -0.4 is 15.7 Å². The molecule has 2 rings (SSSR count). The molecule has 1 atom stereocenters. The molecule has 2 amide bonds. The topological polar surface area (TPSA) is 81.3 Å². The van der Waals surface area contributed by atoms with Gasteiger partial charge in [-0.05, 0) is 17.0 Å². The summed E-state index contributed by atoms with van der Waals surface area (Å²) < 4.78 is 0. The van der Waals surface area contributed by atoms with Crippen molar-refractivity contribution in [2.24, 2.45) is 5.92 Å². The molecule has 0 spiro atoms. The molecule has 0 saturated carbocycles. The number of carboxylic acids is 1. The van der Waals surface area contributed by atoms with Crippen molar-refractivity contribution in [1.82, 2.24) is 10.6 Å². The van der Waals surface area contributed by atoms with Gasteiger partial charge in [-0.25, -0.2) is 4.79 Å². The highest BCUT2D eigenvalue weighted by Crippen LogP contribution is 2.23. The zero-order valence-corrected chi connectivity index (χ0v) is 14.4. The van der Waals surface area contributed by atoms with E-state index in [0.717, 1.165) is 11.1 Å². The standard InChI is InChI=1S/C20H24N2O3/c1-14(2)18(19(23)24)22-20(25)21-13-17(15-9-5-3-6-10-15)16-11-7-4-8-12-16/h3-12,14,17-18H,13H2,1-2H3,(H,23,24)(H2,21,22,25)/p-1/t18-/m0/s1. The van der Waals surface area contributed by atoms with Crippen LogP contribution >= 0.6 is 0 Å². The number of aliphatic carboxylic acids is 1. The SMILES string of the molecule is CC(C)[C@H](NC(=O)NCC(c1ccccc1)c1ccccc1)C(=O)[O-]. The van der Waals surface area contributed by atoms with Crippen molar-refractivity contribution in [2.45, 2.75) is 25.8 Å². The highest BCUT2D eigenvalue weighted by molar-refractivity contribution is 5.81. The number of nitrogens with one attached hydrogen (secondary N) is 2. The Morgan fingerprint density at radius 2 is 1.40 bits per heavy atom. The number of hydrogen-bond donors (Lipinski definition) is 2. The monoisotopic (exact) mass is 339 g/mol. The molecule has 0 aromatic heterocycles. The van der Waals surface area contributed by atoms with Crippen molar-refractivity contribution in [3.63, 3.8) is 0 Å². The molecule has 0 aliphatic heterocycles. The first-order valence-electron chi connectivity index (χ1n) is 8.34. The van der Waals surface area contributed by atoms with E-state index in [2.05, 4.69) is 10.6 Å². The molecule has 0 aliphatic carbocycles. The van der Waals surface area contributed by atoms with E-state index < -0.39 is 18.0 Å². The number of rotatable bonds is 7. The van der Waals surface area contributed by atoms with Crippen LogP contribution in [0.5, 0.6) is 0 Å². The molecule has 25 heavy (non-hydrogen) atoms. The quantitative estimate of drug-likeness (QED) is 0.808. The van der Waals surface area contributed by atoms with Gasteiger partial charge in [0.15, 0.2) is 0 Å². The summed E-state index contributed by atoms with van der Waals surface area (Å²) >= 11 is 0. The van der Waals surface area contributed by atoms with Gasteiger partial charge in [-0.1, -0.05) is 74.5 Å². The first-order chi connectivity index (χ1) is 12.0. The lowest BCUT2D eigenvalue weighted by atomic mass is 9.91. The summed E-state index contributed by atoms with van der Waals surface area (Å²) in [6, 6.07) is 18.2. The number of carboxylic acid groups (broad SMARTS) is 1. The second kappa shape index (κ2) is 8.87. The van der Waals surface area contributed by atoms with E-state index in [0.29, 0.717) is 6.54 Å². The van der Waals surface area contributed by atoms with Gasteiger partial charge in [-0.3, -0.25) is 0 Å². The molecular formula is C20H23N2O3-. The summed E-state index contributed by atoms with van der Waals surface area (Å²) in [6.07, 6.45) is 0. The lowest BCUT2D eigenvalue weighted by Crippen LogP contribution is -2.53. The average molecular weight is 339 g/mol. The van der Waals surface area contributed by atoms with Crippen LogP contribution in [0.1, 0.15) is 30.9 Å². The highest BCUT2D eigenvalue weighted by Gasteiger charge is 2.19. The zero-order chi connectivity index (χ0) is 18.2. The van der Waals surface area contributed by atoms with Gasteiger partial charge in [0, 0.05) is 12.5 Å². The molecule has 0 saturated heterocycles. The highest BCUT2D eigenvalue weighted by atomic mass is 16.4. The predicted molar refractivity (Wildman–Crippen MR) is 94.9 cm³/mol. The molecule has 2 aromatic rings. The molecule has 0 bridgehead atoms. The number of benzene rings is 2. The van der Waals surface area contributed by atoms with Gasteiger partial charge in [0.25, 0.3) is 0 Å². The van der Waals surface area contributed by atoms with Crippen molar-refractivity contribution in [1.29, 1.82) is 0 Å². The smallest absolute Gasteiger partial charge is 0.315 e. The molecular weight excluding hydrogens is 316 g/mol. The third-order valence-corrected chi connectivity index (χ3v) is 4.08. The molecule has 0 aliphatic rings. The summed E-state index contributed by atoms with van der Waals surface area (Å²) in [5.41, 5.74) is 2.16. The maximum absolute atomic E-state index is 12.1. The summed E-state index contributed by atoms with van der Waals surface area (Å²) in [5.74, 6) is -1.56. The van der Waals surface area contributed by atoms with E-state index in [1.165, 1.54) is 0 Å². The minimum atomic E-state index is -1.28. The Kier molecular flexibility index (Phi) is 6.57. The van der Waals surface area contributed by atoms with Gasteiger partial charge >= 0.3 is 6.03 Å². The van der Waals surface area contributed by atoms with Crippen molar-refractivity contribution < 1.29 is 14.7 Å². The fourth-order valence-corrected chi connectivity index (χ4v) is 2.68. The average Bonchev–Trinajstić information content (AvgIpc) is 2.61. The Bertz CT molecular complexity index is 647. The normalized spacial score (nSPS) is 12.0. The maximum atomic E-state index is 12.1. The third kappa shape index (κ3) is 5.35. The van der Waals surface area contributed by atoms with Crippen LogP contribution in [0.25, 0.3) is 0 Å². The van der Waals surface area contributed by atoms with Gasteiger partial charge < -0.3 is 20.5 Å². The summed E-state index contributed by atoms with van der Waals surface area (Å²) in [7, 11) is 0. The Hall–Kier alpha value is -2.82. The predicted octanol–water partition coefficient (Wildman–Crippen LogP) is 1.89. The van der Waals surface area contributed by atoms with Crippen LogP contribution in [-0.4, -0.2) is 24.6 Å². The summed E-state index contributed by atoms with van der Waals surface area (Å²) in [4.78, 5) is 23.2. The molecule has 5 nitrogen and oxygen atoms in total. The van der Waals surface area contributed by atoms with Crippen molar-refractivity contribution in [3.05, 3.63) is 71.8 Å². The first-order valence-corrected chi connectivity index (χ1v) is 8.34. The Morgan fingerprint density at radius 3 is 1.80 bits per heavy atom. The largest absolute Gasteiger partial charge is 0.548 e. The van der Waals surface area contributed by atoms with Crippen LogP contribution in [0.4, 0.5) is 4.79 Å². The van der Waals surface area contributed by atoms with Gasteiger partial charge in [0.2, 0.25) is 0 Å². The molecule has 0 unspecified atom stereocenters. The summed E-state index contributed by atoms with van der Waals surface area (Å²) in [5, 5.41) is 16.3. The van der Waals surface area contributed by atoms with E-state index in [9.17, 15) is 14.7 Å². The van der Waals surface area contributed by atoms with Gasteiger partial charge in [-0.15, -0.1) is 0 Å². The van der Waals surface area contributed by atoms with E-state index in [4.69, 9.17) is 0 Å². The number of hydrogen-bond acceptors (Lipinski definition) is 3. The second-order valence-corrected chi connectivity index (χ2v) is 6.27. The van der Waals surface area contributed by atoms with E-state index >= 15 is 0 Å². The van der Waals surface area contributed by atoms with Gasteiger partial charge in [0.05, 0.1) is 12.0 Å².